The molecule has 1 amide bonds. The molecule has 1 aliphatic heterocycles. The molecule has 25 heavy (non-hydrogen) atoms. The van der Waals surface area contributed by atoms with E-state index in [1.807, 2.05) is 30.0 Å². The number of hydrogen-bond donors (Lipinski definition) is 1. The van der Waals surface area contributed by atoms with Gasteiger partial charge in [0.15, 0.2) is 0 Å². The van der Waals surface area contributed by atoms with Gasteiger partial charge in [0.05, 0.1) is 28.4 Å². The lowest BCUT2D eigenvalue weighted by molar-refractivity contribution is -0.131. The van der Waals surface area contributed by atoms with Crippen molar-refractivity contribution in [3.8, 4) is 0 Å². The Morgan fingerprint density at radius 1 is 1.40 bits per heavy atom. The lowest BCUT2D eigenvalue weighted by Gasteiger charge is -2.24. The number of aryl methyl sites for hydroxylation is 1. The quantitative estimate of drug-likeness (QED) is 0.784. The summed E-state index contributed by atoms with van der Waals surface area (Å²) in [6.45, 7) is 2.62. The Morgan fingerprint density at radius 2 is 2.24 bits per heavy atom. The van der Waals surface area contributed by atoms with E-state index in [9.17, 15) is 9.59 Å². The third-order valence-corrected chi connectivity index (χ3v) is 5.43. The predicted octanol–water partition coefficient (Wildman–Crippen LogP) is 2.59. The molecular formula is C18H18N4O2S. The van der Waals surface area contributed by atoms with Crippen LogP contribution in [-0.2, 0) is 11.2 Å². The number of aromatic amines is 1. The normalized spacial score (nSPS) is 17.3. The number of amides is 1. The molecule has 128 valence electrons. The Labute approximate surface area is 148 Å². The van der Waals surface area contributed by atoms with E-state index in [0.29, 0.717) is 29.7 Å². The van der Waals surface area contributed by atoms with E-state index in [-0.39, 0.29) is 17.5 Å². The van der Waals surface area contributed by atoms with Crippen molar-refractivity contribution in [3.05, 3.63) is 56.5 Å². The van der Waals surface area contributed by atoms with Crippen LogP contribution < -0.4 is 5.56 Å². The fourth-order valence-corrected chi connectivity index (χ4v) is 4.14. The molecule has 1 saturated heterocycles. The summed E-state index contributed by atoms with van der Waals surface area (Å²) < 4.78 is 0. The number of carbonyl (C=O) groups excluding carboxylic acids is 1. The molecular weight excluding hydrogens is 336 g/mol. The molecule has 0 aliphatic carbocycles. The van der Waals surface area contributed by atoms with Gasteiger partial charge in [-0.1, -0.05) is 12.1 Å². The highest BCUT2D eigenvalue weighted by Gasteiger charge is 2.32. The van der Waals surface area contributed by atoms with E-state index in [0.717, 1.165) is 22.7 Å². The largest absolute Gasteiger partial charge is 0.332 e. The number of fused-ring (bicyclic) bond motifs is 1. The van der Waals surface area contributed by atoms with Gasteiger partial charge >= 0.3 is 0 Å². The van der Waals surface area contributed by atoms with Crippen molar-refractivity contribution in [2.75, 3.05) is 6.54 Å². The van der Waals surface area contributed by atoms with Gasteiger partial charge in [0.25, 0.3) is 5.56 Å². The molecule has 4 rings (SSSR count). The fourth-order valence-electron chi connectivity index (χ4n) is 3.35. The third-order valence-electron chi connectivity index (χ3n) is 4.51. The van der Waals surface area contributed by atoms with Crippen molar-refractivity contribution in [1.82, 2.24) is 19.9 Å². The number of likely N-dealkylation sites (tertiary alicyclic amines) is 1. The summed E-state index contributed by atoms with van der Waals surface area (Å²) in [5.74, 6) is 0.636. The van der Waals surface area contributed by atoms with E-state index >= 15 is 0 Å². The smallest absolute Gasteiger partial charge is 0.258 e. The van der Waals surface area contributed by atoms with E-state index in [1.54, 1.807) is 23.6 Å². The zero-order valence-electron chi connectivity index (χ0n) is 13.9. The van der Waals surface area contributed by atoms with Crippen LogP contribution in [0.4, 0.5) is 0 Å². The van der Waals surface area contributed by atoms with Crippen molar-refractivity contribution < 1.29 is 4.79 Å². The van der Waals surface area contributed by atoms with Crippen LogP contribution in [0, 0.1) is 6.92 Å². The van der Waals surface area contributed by atoms with Gasteiger partial charge in [-0.15, -0.1) is 11.3 Å². The van der Waals surface area contributed by atoms with Crippen molar-refractivity contribution >= 4 is 28.1 Å². The van der Waals surface area contributed by atoms with Crippen LogP contribution in [0.15, 0.2) is 35.3 Å². The van der Waals surface area contributed by atoms with Crippen LogP contribution in [0.2, 0.25) is 0 Å². The van der Waals surface area contributed by atoms with Crippen LogP contribution >= 0.6 is 11.3 Å². The second kappa shape index (κ2) is 6.40. The van der Waals surface area contributed by atoms with Crippen molar-refractivity contribution in [2.45, 2.75) is 32.2 Å². The van der Waals surface area contributed by atoms with Gasteiger partial charge < -0.3 is 9.88 Å². The number of hydrogen-bond acceptors (Lipinski definition) is 5. The topological polar surface area (TPSA) is 79.0 Å². The first-order chi connectivity index (χ1) is 12.1. The number of nitrogens with zero attached hydrogens (tertiary/aromatic N) is 3. The summed E-state index contributed by atoms with van der Waals surface area (Å²) in [6, 6.07) is 7.10. The molecule has 2 aromatic heterocycles. The molecule has 3 heterocycles. The number of thiazole rings is 1. The van der Waals surface area contributed by atoms with Crippen LogP contribution in [-0.4, -0.2) is 32.3 Å². The van der Waals surface area contributed by atoms with Gasteiger partial charge in [0, 0.05) is 17.6 Å². The molecule has 1 atom stereocenters. The van der Waals surface area contributed by atoms with Gasteiger partial charge in [-0.2, -0.15) is 0 Å². The molecule has 1 aromatic carbocycles. The zero-order valence-corrected chi connectivity index (χ0v) is 14.7. The summed E-state index contributed by atoms with van der Waals surface area (Å²) >= 11 is 1.54. The molecule has 0 saturated carbocycles. The second-order valence-corrected chi connectivity index (χ2v) is 7.56. The average Bonchev–Trinajstić information content (AvgIpc) is 3.24. The fraction of sp³-hybridized carbons (Fsp3) is 0.333. The minimum absolute atomic E-state index is 0.0574. The number of benzene rings is 1. The summed E-state index contributed by atoms with van der Waals surface area (Å²) in [5.41, 5.74) is 0.511. The zero-order chi connectivity index (χ0) is 17.4. The number of carbonyl (C=O) groups is 1. The summed E-state index contributed by atoms with van der Waals surface area (Å²) in [5, 5.41) is 1.53. The molecule has 1 fully saturated rings. The van der Waals surface area contributed by atoms with E-state index < -0.39 is 0 Å². The first-order valence-electron chi connectivity index (χ1n) is 8.31. The standard InChI is InChI=1S/C18H18N4O2S/c1-11-19-10-12(25-11)9-16(23)22-8-4-7-15(22)17-20-14-6-3-2-5-13(14)18(24)21-17/h2-3,5-6,10,15H,4,7-9H2,1H3,(H,20,21,24). The lowest BCUT2D eigenvalue weighted by Crippen LogP contribution is -2.33. The molecule has 1 unspecified atom stereocenters. The van der Waals surface area contributed by atoms with Gasteiger partial charge in [-0.3, -0.25) is 9.59 Å². The molecule has 1 aliphatic rings. The maximum absolute atomic E-state index is 12.7. The number of rotatable bonds is 3. The summed E-state index contributed by atoms with van der Waals surface area (Å²) in [7, 11) is 0. The molecule has 6 nitrogen and oxygen atoms in total. The highest BCUT2D eigenvalue weighted by molar-refractivity contribution is 7.11. The predicted molar refractivity (Wildman–Crippen MR) is 96.6 cm³/mol. The van der Waals surface area contributed by atoms with Gasteiger partial charge in [-0.05, 0) is 31.9 Å². The maximum Gasteiger partial charge on any atom is 0.258 e. The van der Waals surface area contributed by atoms with Crippen LogP contribution in [0.25, 0.3) is 10.9 Å². The number of H-pyrrole nitrogens is 1. The Hall–Kier alpha value is -2.54. The minimum Gasteiger partial charge on any atom is -0.332 e. The van der Waals surface area contributed by atoms with Gasteiger partial charge in [0.1, 0.15) is 5.82 Å². The second-order valence-electron chi connectivity index (χ2n) is 6.24. The Bertz CT molecular complexity index is 994. The van der Waals surface area contributed by atoms with E-state index in [1.165, 1.54) is 0 Å². The van der Waals surface area contributed by atoms with Crippen molar-refractivity contribution in [1.29, 1.82) is 0 Å². The summed E-state index contributed by atoms with van der Waals surface area (Å²) in [4.78, 5) is 39.5. The molecule has 3 aromatic rings. The molecule has 0 spiro atoms. The van der Waals surface area contributed by atoms with Crippen LogP contribution in [0.5, 0.6) is 0 Å². The molecule has 0 radical (unpaired) electrons. The number of nitrogens with one attached hydrogen (secondary N) is 1. The highest BCUT2D eigenvalue weighted by Crippen LogP contribution is 2.30. The lowest BCUT2D eigenvalue weighted by atomic mass is 10.1. The first-order valence-corrected chi connectivity index (χ1v) is 9.13. The van der Waals surface area contributed by atoms with Crippen LogP contribution in [0.1, 0.15) is 34.6 Å². The van der Waals surface area contributed by atoms with E-state index in [4.69, 9.17) is 0 Å². The van der Waals surface area contributed by atoms with Crippen molar-refractivity contribution in [3.63, 3.8) is 0 Å². The van der Waals surface area contributed by atoms with Crippen molar-refractivity contribution in [2.24, 2.45) is 0 Å². The Morgan fingerprint density at radius 3 is 3.04 bits per heavy atom. The minimum atomic E-state index is -0.168. The Balaban J connectivity index is 1.63. The van der Waals surface area contributed by atoms with E-state index in [2.05, 4.69) is 15.0 Å². The van der Waals surface area contributed by atoms with Gasteiger partial charge in [0.2, 0.25) is 5.91 Å². The monoisotopic (exact) mass is 354 g/mol. The van der Waals surface area contributed by atoms with Crippen LogP contribution in [0.3, 0.4) is 0 Å². The maximum atomic E-state index is 12.7. The Kier molecular flexibility index (Phi) is 4.09. The highest BCUT2D eigenvalue weighted by atomic mass is 32.1. The molecule has 0 bridgehead atoms. The number of para-hydroxylation sites is 1. The number of aromatic nitrogens is 3. The third kappa shape index (κ3) is 3.07. The molecule has 1 N–H and O–H groups in total. The molecule has 7 heteroatoms. The van der Waals surface area contributed by atoms with Gasteiger partial charge in [-0.25, -0.2) is 9.97 Å². The summed E-state index contributed by atoms with van der Waals surface area (Å²) in [6.07, 6.45) is 3.84. The average molecular weight is 354 g/mol. The SMILES string of the molecule is Cc1ncc(CC(=O)N2CCCC2c2nc3ccccc3c(=O)[nH]2)s1. The first kappa shape index (κ1) is 16.0.